The lowest BCUT2D eigenvalue weighted by atomic mass is 10.1. The second-order valence-electron chi connectivity index (χ2n) is 4.59. The average Bonchev–Trinajstić information content (AvgIpc) is 2.75. The third kappa shape index (κ3) is 3.05. The summed E-state index contributed by atoms with van der Waals surface area (Å²) in [5.41, 5.74) is -0.00334. The summed E-state index contributed by atoms with van der Waals surface area (Å²) >= 11 is 0. The van der Waals surface area contributed by atoms with Gasteiger partial charge >= 0.3 is 5.97 Å². The first-order chi connectivity index (χ1) is 8.70. The number of nitrogens with zero attached hydrogens (tertiary/aromatic N) is 4. The Morgan fingerprint density at radius 2 is 2.17 bits per heavy atom. The summed E-state index contributed by atoms with van der Waals surface area (Å²) in [6, 6.07) is 0.239. The first kappa shape index (κ1) is 13.0. The van der Waals surface area contributed by atoms with Gasteiger partial charge in [-0.05, 0) is 25.8 Å². The number of hydrogen-bond donors (Lipinski definition) is 2. The predicted octanol–water partition coefficient (Wildman–Crippen LogP) is -0.00440. The molecular weight excluding hydrogens is 236 g/mol. The van der Waals surface area contributed by atoms with E-state index in [0.29, 0.717) is 0 Å². The van der Waals surface area contributed by atoms with E-state index in [4.69, 9.17) is 10.2 Å². The fourth-order valence-electron chi connectivity index (χ4n) is 2.07. The van der Waals surface area contributed by atoms with Crippen molar-refractivity contribution < 1.29 is 15.0 Å². The molecule has 0 unspecified atom stereocenters. The number of aromatic nitrogens is 3. The van der Waals surface area contributed by atoms with Crippen molar-refractivity contribution in [2.24, 2.45) is 0 Å². The van der Waals surface area contributed by atoms with Crippen LogP contribution in [0.2, 0.25) is 0 Å². The van der Waals surface area contributed by atoms with Crippen LogP contribution in [0, 0.1) is 0 Å². The fourth-order valence-corrected chi connectivity index (χ4v) is 2.07. The smallest absolute Gasteiger partial charge is 0.358 e. The van der Waals surface area contributed by atoms with Gasteiger partial charge in [-0.25, -0.2) is 9.48 Å². The molecule has 0 atom stereocenters. The van der Waals surface area contributed by atoms with Gasteiger partial charge in [-0.3, -0.25) is 4.90 Å². The zero-order valence-electron chi connectivity index (χ0n) is 10.2. The Morgan fingerprint density at radius 1 is 1.39 bits per heavy atom. The van der Waals surface area contributed by atoms with E-state index in [1.54, 1.807) is 4.68 Å². The summed E-state index contributed by atoms with van der Waals surface area (Å²) < 4.78 is 1.63. The number of carboxylic acids is 1. The molecule has 1 aliphatic rings. The second-order valence-corrected chi connectivity index (χ2v) is 4.59. The van der Waals surface area contributed by atoms with Crippen LogP contribution in [0.3, 0.4) is 0 Å². The quantitative estimate of drug-likeness (QED) is 0.665. The molecule has 18 heavy (non-hydrogen) atoms. The number of aromatic carboxylic acids is 1. The monoisotopic (exact) mass is 254 g/mol. The Balaban J connectivity index is 1.70. The van der Waals surface area contributed by atoms with E-state index in [9.17, 15) is 4.79 Å². The molecule has 1 aromatic rings. The molecule has 2 N–H and O–H groups in total. The van der Waals surface area contributed by atoms with Gasteiger partial charge in [0.25, 0.3) is 0 Å². The summed E-state index contributed by atoms with van der Waals surface area (Å²) in [4.78, 5) is 13.0. The molecule has 1 aliphatic heterocycles. The topological polar surface area (TPSA) is 91.5 Å². The van der Waals surface area contributed by atoms with Gasteiger partial charge in [0.15, 0.2) is 5.69 Å². The van der Waals surface area contributed by atoms with E-state index in [2.05, 4.69) is 15.2 Å². The summed E-state index contributed by atoms with van der Waals surface area (Å²) in [5, 5.41) is 24.8. The molecule has 1 fully saturated rings. The molecule has 2 heterocycles. The molecule has 1 saturated heterocycles. The highest BCUT2D eigenvalue weighted by Gasteiger charge is 2.28. The number of carboxylic acid groups (broad SMARTS) is 1. The van der Waals surface area contributed by atoms with Crippen LogP contribution in [0.1, 0.15) is 35.8 Å². The zero-order valence-corrected chi connectivity index (χ0v) is 10.2. The van der Waals surface area contributed by atoms with Gasteiger partial charge in [-0.15, -0.1) is 5.10 Å². The second kappa shape index (κ2) is 5.92. The predicted molar refractivity (Wildman–Crippen MR) is 63.4 cm³/mol. The molecule has 0 saturated carbocycles. The lowest BCUT2D eigenvalue weighted by molar-refractivity contribution is 0.0690. The Hall–Kier alpha value is -1.47. The Labute approximate surface area is 105 Å². The van der Waals surface area contributed by atoms with E-state index in [0.717, 1.165) is 38.9 Å². The number of carbonyl (C=O) groups is 1. The van der Waals surface area contributed by atoms with Crippen LogP contribution >= 0.6 is 0 Å². The van der Waals surface area contributed by atoms with Crippen LogP contribution < -0.4 is 0 Å². The number of aliphatic hydroxyl groups excluding tert-OH is 1. The normalized spacial score (nSPS) is 16.7. The first-order valence-electron chi connectivity index (χ1n) is 6.19. The summed E-state index contributed by atoms with van der Waals surface area (Å²) in [7, 11) is 0. The van der Waals surface area contributed by atoms with Crippen molar-refractivity contribution in [2.75, 3.05) is 26.2 Å². The number of unbranched alkanes of at least 4 members (excludes halogenated alkanes) is 2. The third-order valence-corrected chi connectivity index (χ3v) is 3.17. The summed E-state index contributed by atoms with van der Waals surface area (Å²) in [6.07, 6.45) is 4.48. The largest absolute Gasteiger partial charge is 0.476 e. The van der Waals surface area contributed by atoms with Gasteiger partial charge in [0.2, 0.25) is 0 Å². The maximum absolute atomic E-state index is 10.7. The molecule has 7 nitrogen and oxygen atoms in total. The molecule has 0 aromatic carbocycles. The van der Waals surface area contributed by atoms with Crippen LogP contribution in [0.15, 0.2) is 6.20 Å². The van der Waals surface area contributed by atoms with E-state index in [1.807, 2.05) is 0 Å². The number of likely N-dealkylation sites (tertiary alicyclic amines) is 1. The van der Waals surface area contributed by atoms with Gasteiger partial charge in [0.05, 0.1) is 12.2 Å². The maximum atomic E-state index is 10.7. The zero-order chi connectivity index (χ0) is 13.0. The van der Waals surface area contributed by atoms with E-state index < -0.39 is 5.97 Å². The van der Waals surface area contributed by atoms with Gasteiger partial charge in [-0.1, -0.05) is 5.21 Å². The van der Waals surface area contributed by atoms with Gasteiger partial charge in [0.1, 0.15) is 0 Å². The van der Waals surface area contributed by atoms with Crippen molar-refractivity contribution in [1.29, 1.82) is 0 Å². The van der Waals surface area contributed by atoms with Gasteiger partial charge in [0, 0.05) is 19.7 Å². The lowest BCUT2D eigenvalue weighted by Gasteiger charge is -2.38. The minimum absolute atomic E-state index is 0.00334. The van der Waals surface area contributed by atoms with Crippen molar-refractivity contribution in [3.63, 3.8) is 0 Å². The number of rotatable bonds is 7. The Kier molecular flexibility index (Phi) is 4.27. The van der Waals surface area contributed by atoms with Crippen LogP contribution in [0.4, 0.5) is 0 Å². The SMILES string of the molecule is O=C(O)c1cn(C2CN(CCCCCO)C2)nn1. The van der Waals surface area contributed by atoms with E-state index >= 15 is 0 Å². The van der Waals surface area contributed by atoms with Crippen LogP contribution in [-0.4, -0.2) is 62.3 Å². The van der Waals surface area contributed by atoms with Crippen molar-refractivity contribution in [3.05, 3.63) is 11.9 Å². The summed E-state index contributed by atoms with van der Waals surface area (Å²) in [5.74, 6) is -1.04. The molecule has 0 radical (unpaired) electrons. The van der Waals surface area contributed by atoms with Crippen molar-refractivity contribution in [3.8, 4) is 0 Å². The Bertz CT molecular complexity index is 401. The molecule has 0 bridgehead atoms. The first-order valence-corrected chi connectivity index (χ1v) is 6.19. The molecule has 0 spiro atoms. The molecule has 2 rings (SSSR count). The minimum atomic E-state index is -1.04. The molecule has 1 aromatic heterocycles. The molecule has 100 valence electrons. The van der Waals surface area contributed by atoms with E-state index in [1.165, 1.54) is 6.20 Å². The molecule has 0 amide bonds. The van der Waals surface area contributed by atoms with Crippen LogP contribution in [0.5, 0.6) is 0 Å². The van der Waals surface area contributed by atoms with Crippen molar-refractivity contribution >= 4 is 5.97 Å². The minimum Gasteiger partial charge on any atom is -0.476 e. The molecule has 0 aliphatic carbocycles. The third-order valence-electron chi connectivity index (χ3n) is 3.17. The van der Waals surface area contributed by atoms with Crippen LogP contribution in [0.25, 0.3) is 0 Å². The highest BCUT2D eigenvalue weighted by molar-refractivity contribution is 5.84. The molecular formula is C11H18N4O3. The molecule has 7 heteroatoms. The van der Waals surface area contributed by atoms with Crippen molar-refractivity contribution in [1.82, 2.24) is 19.9 Å². The Morgan fingerprint density at radius 3 is 2.78 bits per heavy atom. The highest BCUT2D eigenvalue weighted by atomic mass is 16.4. The average molecular weight is 254 g/mol. The summed E-state index contributed by atoms with van der Waals surface area (Å²) in [6.45, 7) is 3.07. The maximum Gasteiger partial charge on any atom is 0.358 e. The van der Waals surface area contributed by atoms with Gasteiger partial charge in [-0.2, -0.15) is 0 Å². The number of hydrogen-bond acceptors (Lipinski definition) is 5. The lowest BCUT2D eigenvalue weighted by Crippen LogP contribution is -2.48. The van der Waals surface area contributed by atoms with E-state index in [-0.39, 0.29) is 18.3 Å². The van der Waals surface area contributed by atoms with Crippen LogP contribution in [-0.2, 0) is 0 Å². The standard InChI is InChI=1S/C11H18N4O3/c16-5-3-1-2-4-14-6-9(7-14)15-8-10(11(17)18)12-13-15/h8-9,16H,1-7H2,(H,17,18). The highest BCUT2D eigenvalue weighted by Crippen LogP contribution is 2.20. The van der Waals surface area contributed by atoms with Gasteiger partial charge < -0.3 is 10.2 Å². The number of aliphatic hydroxyl groups is 1. The fraction of sp³-hybridized carbons (Fsp3) is 0.727. The van der Waals surface area contributed by atoms with Crippen molar-refractivity contribution in [2.45, 2.75) is 25.3 Å².